The van der Waals surface area contributed by atoms with E-state index < -0.39 is 15.9 Å². The van der Waals surface area contributed by atoms with Crippen molar-refractivity contribution in [3.8, 4) is 11.1 Å². The number of ether oxygens (including phenoxy) is 1. The number of nitrogens with zero attached hydrogens (tertiary/aromatic N) is 4. The molecule has 12 heteroatoms. The molecule has 2 amide bonds. The van der Waals surface area contributed by atoms with Gasteiger partial charge >= 0.3 is 6.09 Å². The number of carbonyl (C=O) groups excluding carboxylic acids is 2. The lowest BCUT2D eigenvalue weighted by molar-refractivity contribution is 0.0900. The Morgan fingerprint density at radius 2 is 1.79 bits per heavy atom. The Balaban J connectivity index is 1.33. The number of rotatable bonds is 8. The molecule has 2 aliphatic rings. The summed E-state index contributed by atoms with van der Waals surface area (Å²) in [5, 5.41) is 0.919. The van der Waals surface area contributed by atoms with Crippen LogP contribution in [0.1, 0.15) is 55.5 Å². The van der Waals surface area contributed by atoms with Crippen LogP contribution in [0.15, 0.2) is 36.7 Å². The van der Waals surface area contributed by atoms with Crippen molar-refractivity contribution in [3.63, 3.8) is 0 Å². The second kappa shape index (κ2) is 12.3. The van der Waals surface area contributed by atoms with E-state index in [0.29, 0.717) is 75.7 Å². The maximum Gasteiger partial charge on any atom is 0.409 e. The summed E-state index contributed by atoms with van der Waals surface area (Å²) < 4.78 is 31.6. The number of nitrogens with one attached hydrogen (secondary N) is 1. The number of amides is 2. The first kappa shape index (κ1) is 29.8. The van der Waals surface area contributed by atoms with Crippen LogP contribution < -0.4 is 10.6 Å². The smallest absolute Gasteiger partial charge is 0.409 e. The van der Waals surface area contributed by atoms with Crippen molar-refractivity contribution >= 4 is 38.7 Å². The molecule has 2 saturated heterocycles. The maximum atomic E-state index is 12.4. The van der Waals surface area contributed by atoms with Crippen LogP contribution in [0.2, 0.25) is 0 Å². The van der Waals surface area contributed by atoms with Crippen LogP contribution in [0.4, 0.5) is 10.6 Å². The molecule has 0 spiro atoms. The normalized spacial score (nSPS) is 17.2. The summed E-state index contributed by atoms with van der Waals surface area (Å²) in [6, 6.07) is 7.79. The molecule has 226 valence electrons. The fourth-order valence-electron chi connectivity index (χ4n) is 5.77. The van der Waals surface area contributed by atoms with Gasteiger partial charge in [0.15, 0.2) is 0 Å². The summed E-state index contributed by atoms with van der Waals surface area (Å²) in [4.78, 5) is 36.6. The van der Waals surface area contributed by atoms with E-state index in [2.05, 4.69) is 16.0 Å². The van der Waals surface area contributed by atoms with Crippen LogP contribution in [0, 0.1) is 5.92 Å². The van der Waals surface area contributed by atoms with E-state index in [-0.39, 0.29) is 17.8 Å². The number of piperazine rings is 1. The highest BCUT2D eigenvalue weighted by Gasteiger charge is 2.29. The topological polar surface area (TPSA) is 142 Å². The van der Waals surface area contributed by atoms with Gasteiger partial charge in [0.05, 0.1) is 23.4 Å². The molecule has 0 bridgehead atoms. The van der Waals surface area contributed by atoms with Crippen LogP contribution in [0.25, 0.3) is 22.0 Å². The van der Waals surface area contributed by atoms with Crippen molar-refractivity contribution in [2.24, 2.45) is 11.7 Å². The van der Waals surface area contributed by atoms with Crippen molar-refractivity contribution in [1.82, 2.24) is 19.2 Å². The van der Waals surface area contributed by atoms with Gasteiger partial charge in [-0.05, 0) is 67.0 Å². The molecule has 3 aromatic rings. The predicted octanol–water partition coefficient (Wildman–Crippen LogP) is 3.77. The maximum absolute atomic E-state index is 12.4. The summed E-state index contributed by atoms with van der Waals surface area (Å²) in [5.41, 5.74) is 9.65. The van der Waals surface area contributed by atoms with E-state index in [1.165, 1.54) is 0 Å². The average molecular weight is 597 g/mol. The number of fused-ring (bicyclic) bond motifs is 1. The number of nitrogens with two attached hydrogens (primary N) is 1. The first-order chi connectivity index (χ1) is 20.1. The summed E-state index contributed by atoms with van der Waals surface area (Å²) in [7, 11) is -3.21. The lowest BCUT2D eigenvalue weighted by Crippen LogP contribution is -2.49. The second-order valence-electron chi connectivity index (χ2n) is 11.5. The van der Waals surface area contributed by atoms with Gasteiger partial charge in [-0.2, -0.15) is 0 Å². The molecule has 0 radical (unpaired) electrons. The Labute approximate surface area is 247 Å². The molecule has 2 aromatic heterocycles. The van der Waals surface area contributed by atoms with Crippen molar-refractivity contribution in [2.45, 2.75) is 39.5 Å². The number of aromatic nitrogens is 2. The van der Waals surface area contributed by atoms with Gasteiger partial charge in [-0.15, -0.1) is 0 Å². The monoisotopic (exact) mass is 596 g/mol. The van der Waals surface area contributed by atoms with Gasteiger partial charge in [-0.3, -0.25) is 4.79 Å². The van der Waals surface area contributed by atoms with Crippen LogP contribution in [0.5, 0.6) is 0 Å². The number of H-pyrrole nitrogens is 1. The van der Waals surface area contributed by atoms with E-state index in [1.807, 2.05) is 32.2 Å². The zero-order valence-corrected chi connectivity index (χ0v) is 25.3. The Hall–Kier alpha value is -3.64. The quantitative estimate of drug-likeness (QED) is 0.403. The largest absolute Gasteiger partial charge is 0.449 e. The van der Waals surface area contributed by atoms with Crippen molar-refractivity contribution in [2.75, 3.05) is 56.5 Å². The summed E-state index contributed by atoms with van der Waals surface area (Å²) >= 11 is 0. The van der Waals surface area contributed by atoms with Crippen LogP contribution in [0.3, 0.4) is 0 Å². The number of benzene rings is 1. The number of carbonyl (C=O) groups is 2. The highest BCUT2D eigenvalue weighted by Crippen LogP contribution is 2.37. The predicted molar refractivity (Wildman–Crippen MR) is 163 cm³/mol. The van der Waals surface area contributed by atoms with Gasteiger partial charge < -0.3 is 25.3 Å². The van der Waals surface area contributed by atoms with E-state index >= 15 is 0 Å². The molecule has 5 rings (SSSR count). The van der Waals surface area contributed by atoms with E-state index in [4.69, 9.17) is 15.5 Å². The zero-order chi connectivity index (χ0) is 30.0. The zero-order valence-electron chi connectivity index (χ0n) is 24.5. The number of hydrogen-bond donors (Lipinski definition) is 2. The lowest BCUT2D eigenvalue weighted by Gasteiger charge is -2.34. The molecule has 0 unspecified atom stereocenters. The van der Waals surface area contributed by atoms with Gasteiger partial charge in [0.25, 0.3) is 5.91 Å². The molecule has 0 atom stereocenters. The van der Waals surface area contributed by atoms with E-state index in [1.54, 1.807) is 28.4 Å². The van der Waals surface area contributed by atoms with Crippen LogP contribution in [-0.2, 0) is 14.8 Å². The average Bonchev–Trinajstić information content (AvgIpc) is 3.43. The standard InChI is InChI=1S/C30H40N6O5S/c1-4-42(39,40)36-9-7-21(8-10-36)26-18-33-28-24(26)15-23(16-25(28)29(31)37)22-5-6-27(32-17-22)34-11-13-35(14-12-34)30(38)41-19-20(2)3/h5-6,15-18,20-21,33H,4,7-14,19H2,1-3H3,(H2,31,37). The first-order valence-electron chi connectivity index (χ1n) is 14.6. The Morgan fingerprint density at radius 1 is 1.07 bits per heavy atom. The summed E-state index contributed by atoms with van der Waals surface area (Å²) in [6.07, 6.45) is 4.87. The van der Waals surface area contributed by atoms with E-state index in [0.717, 1.165) is 27.9 Å². The molecular formula is C30H40N6O5S. The van der Waals surface area contributed by atoms with E-state index in [9.17, 15) is 18.0 Å². The van der Waals surface area contributed by atoms with Gasteiger partial charge in [0, 0.05) is 62.6 Å². The van der Waals surface area contributed by atoms with Gasteiger partial charge in [-0.1, -0.05) is 13.8 Å². The third kappa shape index (κ3) is 6.24. The van der Waals surface area contributed by atoms with Crippen molar-refractivity contribution < 1.29 is 22.7 Å². The first-order valence-corrected chi connectivity index (χ1v) is 16.2. The van der Waals surface area contributed by atoms with Gasteiger partial charge in [0.2, 0.25) is 10.0 Å². The van der Waals surface area contributed by atoms with Crippen molar-refractivity contribution in [1.29, 1.82) is 0 Å². The third-order valence-electron chi connectivity index (χ3n) is 8.22. The Bertz CT molecular complexity index is 1540. The molecule has 2 aliphatic heterocycles. The lowest BCUT2D eigenvalue weighted by atomic mass is 9.88. The fraction of sp³-hybridized carbons (Fsp3) is 0.500. The summed E-state index contributed by atoms with van der Waals surface area (Å²) in [6.45, 7) is 9.52. The van der Waals surface area contributed by atoms with Crippen LogP contribution in [-0.4, -0.2) is 91.2 Å². The molecule has 4 heterocycles. The molecule has 42 heavy (non-hydrogen) atoms. The molecule has 2 fully saturated rings. The summed E-state index contributed by atoms with van der Waals surface area (Å²) in [5.74, 6) is 0.868. The molecular weight excluding hydrogens is 556 g/mol. The molecule has 3 N–H and O–H groups in total. The molecule has 0 saturated carbocycles. The highest BCUT2D eigenvalue weighted by atomic mass is 32.2. The van der Waals surface area contributed by atoms with Gasteiger partial charge in [-0.25, -0.2) is 22.5 Å². The number of pyridine rings is 1. The fourth-order valence-corrected chi connectivity index (χ4v) is 6.90. The third-order valence-corrected chi connectivity index (χ3v) is 10.1. The Kier molecular flexibility index (Phi) is 8.74. The van der Waals surface area contributed by atoms with Crippen molar-refractivity contribution in [3.05, 3.63) is 47.8 Å². The number of sulfonamides is 1. The molecule has 0 aliphatic carbocycles. The second-order valence-corrected chi connectivity index (χ2v) is 13.7. The SMILES string of the molecule is CCS(=O)(=O)N1CCC(c2c[nH]c3c(C(N)=O)cc(-c4ccc(N5CCN(C(=O)OCC(C)C)CC5)nc4)cc23)CC1. The van der Waals surface area contributed by atoms with Crippen LogP contribution >= 0.6 is 0 Å². The highest BCUT2D eigenvalue weighted by molar-refractivity contribution is 7.89. The molecule has 1 aromatic carbocycles. The number of piperidine rings is 1. The molecule has 11 nitrogen and oxygen atoms in total. The number of anilines is 1. The minimum atomic E-state index is -3.21. The van der Waals surface area contributed by atoms with Gasteiger partial charge in [0.1, 0.15) is 5.82 Å². The minimum absolute atomic E-state index is 0.103. The number of hydrogen-bond acceptors (Lipinski definition) is 7. The minimum Gasteiger partial charge on any atom is -0.449 e. The Morgan fingerprint density at radius 3 is 2.38 bits per heavy atom. The number of primary amides is 1. The number of aromatic amines is 1.